The van der Waals surface area contributed by atoms with E-state index in [-0.39, 0.29) is 5.60 Å². The lowest BCUT2D eigenvalue weighted by Crippen LogP contribution is -2.40. The average Bonchev–Trinajstić information content (AvgIpc) is 2.15. The molecule has 1 aliphatic rings. The van der Waals surface area contributed by atoms with Crippen LogP contribution in [0.2, 0.25) is 0 Å². The number of alkyl halides is 3. The van der Waals surface area contributed by atoms with Crippen molar-refractivity contribution in [1.29, 1.82) is 0 Å². The van der Waals surface area contributed by atoms with Crippen LogP contribution in [0.1, 0.15) is 39.0 Å². The Hall–Kier alpha value is 0.300. The molecule has 0 aromatic heterocycles. The summed E-state index contributed by atoms with van der Waals surface area (Å²) in [5.41, 5.74) is -0.336. The lowest BCUT2D eigenvalue weighted by Gasteiger charge is -2.36. The van der Waals surface area contributed by atoms with Gasteiger partial charge in [-0.3, -0.25) is 0 Å². The second kappa shape index (κ2) is 4.88. The van der Waals surface area contributed by atoms with Crippen LogP contribution in [0.5, 0.6) is 0 Å². The summed E-state index contributed by atoms with van der Waals surface area (Å²) in [7, 11) is 0. The third-order valence-corrected chi connectivity index (χ3v) is 3.66. The van der Waals surface area contributed by atoms with Crippen molar-refractivity contribution in [3.05, 3.63) is 0 Å². The van der Waals surface area contributed by atoms with Gasteiger partial charge in [-0.2, -0.15) is 0 Å². The highest BCUT2D eigenvalue weighted by molar-refractivity contribution is 9.09. The highest BCUT2D eigenvalue weighted by atomic mass is 79.9. The van der Waals surface area contributed by atoms with Crippen molar-refractivity contribution in [2.45, 2.75) is 50.6 Å². The molecule has 0 bridgehead atoms. The first kappa shape index (κ1) is 12.4. The Morgan fingerprint density at radius 2 is 1.86 bits per heavy atom. The lowest BCUT2D eigenvalue weighted by atomic mass is 9.86. The van der Waals surface area contributed by atoms with Crippen molar-refractivity contribution < 1.29 is 13.5 Å². The Balaban J connectivity index is 2.44. The number of hydrogen-bond acceptors (Lipinski definition) is 1. The fourth-order valence-electron chi connectivity index (χ4n) is 1.79. The summed E-state index contributed by atoms with van der Waals surface area (Å²) in [6, 6.07) is 0. The van der Waals surface area contributed by atoms with E-state index < -0.39 is 12.5 Å². The van der Waals surface area contributed by atoms with Gasteiger partial charge in [0.1, 0.15) is 6.61 Å². The predicted molar refractivity (Wildman–Crippen MR) is 56.2 cm³/mol. The minimum Gasteiger partial charge on any atom is -0.368 e. The maximum Gasteiger partial charge on any atom is 0.268 e. The molecule has 84 valence electrons. The summed E-state index contributed by atoms with van der Waals surface area (Å²) in [5.74, 6) is -2.72. The van der Waals surface area contributed by atoms with Crippen molar-refractivity contribution >= 4 is 15.9 Å². The Morgan fingerprint density at radius 1 is 1.29 bits per heavy atom. The van der Waals surface area contributed by atoms with Gasteiger partial charge < -0.3 is 4.74 Å². The SMILES string of the molecule is CC(F)(F)COC1(CBr)CCCCC1. The van der Waals surface area contributed by atoms with Crippen molar-refractivity contribution in [2.75, 3.05) is 11.9 Å². The zero-order valence-electron chi connectivity index (χ0n) is 8.49. The van der Waals surface area contributed by atoms with Gasteiger partial charge in [0.25, 0.3) is 5.92 Å². The van der Waals surface area contributed by atoms with E-state index in [9.17, 15) is 8.78 Å². The normalized spacial score (nSPS) is 22.3. The molecule has 0 atom stereocenters. The molecule has 0 heterocycles. The van der Waals surface area contributed by atoms with Gasteiger partial charge in [-0.05, 0) is 12.8 Å². The van der Waals surface area contributed by atoms with E-state index >= 15 is 0 Å². The van der Waals surface area contributed by atoms with E-state index in [4.69, 9.17) is 4.74 Å². The molecule has 1 aliphatic carbocycles. The predicted octanol–water partition coefficient (Wildman–Crippen LogP) is 3.76. The van der Waals surface area contributed by atoms with Gasteiger partial charge in [0.05, 0.1) is 5.60 Å². The van der Waals surface area contributed by atoms with E-state index in [1.807, 2.05) is 0 Å². The highest BCUT2D eigenvalue weighted by Crippen LogP contribution is 2.34. The van der Waals surface area contributed by atoms with E-state index in [1.54, 1.807) is 0 Å². The summed E-state index contributed by atoms with van der Waals surface area (Å²) >= 11 is 3.37. The monoisotopic (exact) mass is 270 g/mol. The van der Waals surface area contributed by atoms with Crippen LogP contribution < -0.4 is 0 Å². The molecule has 0 saturated heterocycles. The van der Waals surface area contributed by atoms with Gasteiger partial charge in [0, 0.05) is 12.3 Å². The molecule has 0 radical (unpaired) electrons. The standard InChI is InChI=1S/C10H17BrF2O/c1-9(12,13)8-14-10(7-11)5-3-2-4-6-10/h2-8H2,1H3. The molecular weight excluding hydrogens is 254 g/mol. The molecule has 14 heavy (non-hydrogen) atoms. The third kappa shape index (κ3) is 3.81. The van der Waals surface area contributed by atoms with Gasteiger partial charge in [0.15, 0.2) is 0 Å². The van der Waals surface area contributed by atoms with Crippen LogP contribution in [0.15, 0.2) is 0 Å². The van der Waals surface area contributed by atoms with Crippen molar-refractivity contribution in [3.8, 4) is 0 Å². The lowest BCUT2D eigenvalue weighted by molar-refractivity contribution is -0.132. The zero-order valence-corrected chi connectivity index (χ0v) is 10.1. The maximum atomic E-state index is 12.6. The minimum absolute atomic E-state index is 0.336. The Bertz CT molecular complexity index is 173. The van der Waals surface area contributed by atoms with Crippen molar-refractivity contribution in [3.63, 3.8) is 0 Å². The number of ether oxygens (including phenoxy) is 1. The highest BCUT2D eigenvalue weighted by Gasteiger charge is 2.35. The van der Waals surface area contributed by atoms with Gasteiger partial charge in [-0.15, -0.1) is 0 Å². The molecule has 0 unspecified atom stereocenters. The molecule has 0 spiro atoms. The Morgan fingerprint density at radius 3 is 2.29 bits per heavy atom. The molecule has 0 N–H and O–H groups in total. The van der Waals surface area contributed by atoms with Crippen LogP contribution >= 0.6 is 15.9 Å². The Kier molecular flexibility index (Phi) is 4.31. The fourth-order valence-corrected chi connectivity index (χ4v) is 2.52. The molecule has 4 heteroatoms. The smallest absolute Gasteiger partial charge is 0.268 e. The first-order valence-electron chi connectivity index (χ1n) is 5.05. The summed E-state index contributed by atoms with van der Waals surface area (Å²) in [6.07, 6.45) is 5.16. The van der Waals surface area contributed by atoms with Crippen molar-refractivity contribution in [2.24, 2.45) is 0 Å². The van der Waals surface area contributed by atoms with Crippen molar-refractivity contribution in [1.82, 2.24) is 0 Å². The summed E-state index contributed by atoms with van der Waals surface area (Å²) < 4.78 is 30.7. The molecule has 0 amide bonds. The van der Waals surface area contributed by atoms with Crippen LogP contribution in [0.3, 0.4) is 0 Å². The van der Waals surface area contributed by atoms with Crippen LogP contribution in [0.4, 0.5) is 8.78 Å². The fraction of sp³-hybridized carbons (Fsp3) is 1.00. The number of rotatable bonds is 4. The third-order valence-electron chi connectivity index (χ3n) is 2.64. The van der Waals surface area contributed by atoms with Gasteiger partial charge in [0.2, 0.25) is 0 Å². The minimum atomic E-state index is -2.72. The van der Waals surface area contributed by atoms with Crippen LogP contribution in [0.25, 0.3) is 0 Å². The molecule has 0 aromatic carbocycles. The summed E-state index contributed by atoms with van der Waals surface area (Å²) in [6.45, 7) is 0.441. The average molecular weight is 271 g/mol. The number of halogens is 3. The molecule has 0 aliphatic heterocycles. The second-order valence-corrected chi connectivity index (χ2v) is 4.80. The zero-order chi connectivity index (χ0) is 10.7. The van der Waals surface area contributed by atoms with Gasteiger partial charge >= 0.3 is 0 Å². The summed E-state index contributed by atoms with van der Waals surface area (Å²) in [5, 5.41) is 0.663. The van der Waals surface area contributed by atoms with E-state index in [2.05, 4.69) is 15.9 Å². The topological polar surface area (TPSA) is 9.23 Å². The van der Waals surface area contributed by atoms with E-state index in [0.29, 0.717) is 5.33 Å². The van der Waals surface area contributed by atoms with Crippen LogP contribution in [-0.4, -0.2) is 23.5 Å². The molecule has 1 saturated carbocycles. The first-order chi connectivity index (χ1) is 6.47. The molecular formula is C10H17BrF2O. The van der Waals surface area contributed by atoms with Crippen LogP contribution in [-0.2, 0) is 4.74 Å². The molecule has 1 nitrogen and oxygen atoms in total. The maximum absolute atomic E-state index is 12.6. The molecule has 1 fully saturated rings. The first-order valence-corrected chi connectivity index (χ1v) is 6.17. The van der Waals surface area contributed by atoms with E-state index in [1.165, 1.54) is 6.42 Å². The molecule has 0 aromatic rings. The summed E-state index contributed by atoms with van der Waals surface area (Å²) in [4.78, 5) is 0. The largest absolute Gasteiger partial charge is 0.368 e. The van der Waals surface area contributed by atoms with Crippen LogP contribution in [0, 0.1) is 0 Å². The number of hydrogen-bond donors (Lipinski definition) is 0. The quantitative estimate of drug-likeness (QED) is 0.707. The second-order valence-electron chi connectivity index (χ2n) is 4.24. The van der Waals surface area contributed by atoms with E-state index in [0.717, 1.165) is 32.6 Å². The molecule has 1 rings (SSSR count). The Labute approximate surface area is 92.3 Å². The van der Waals surface area contributed by atoms with Gasteiger partial charge in [-0.1, -0.05) is 35.2 Å². The van der Waals surface area contributed by atoms with Gasteiger partial charge in [-0.25, -0.2) is 8.78 Å².